The molecule has 1 N–H and O–H groups in total. The fourth-order valence-corrected chi connectivity index (χ4v) is 2.79. The quantitative estimate of drug-likeness (QED) is 0.936. The van der Waals surface area contributed by atoms with E-state index in [9.17, 15) is 4.79 Å². The van der Waals surface area contributed by atoms with Crippen LogP contribution in [0.2, 0.25) is 0 Å². The van der Waals surface area contributed by atoms with E-state index in [0.717, 1.165) is 24.3 Å². The van der Waals surface area contributed by atoms with Gasteiger partial charge in [0.15, 0.2) is 5.69 Å². The zero-order chi connectivity index (χ0) is 16.4. The van der Waals surface area contributed by atoms with E-state index in [1.165, 1.54) is 10.4 Å². The Hall–Kier alpha value is -2.21. The maximum Gasteiger partial charge on any atom is 0.273 e. The Labute approximate surface area is 135 Å². The number of hydrogen-bond acceptors (Lipinski definition) is 4. The van der Waals surface area contributed by atoms with Crippen LogP contribution in [0, 0.1) is 26.7 Å². The molecular formula is C17H22N4O2. The largest absolute Gasteiger partial charge is 0.381 e. The maximum absolute atomic E-state index is 12.3. The topological polar surface area (TPSA) is 69.0 Å². The fraction of sp³-hybridized carbons (Fsp3) is 0.471. The van der Waals surface area contributed by atoms with Gasteiger partial charge in [0.25, 0.3) is 5.91 Å². The third-order valence-corrected chi connectivity index (χ3v) is 4.14. The van der Waals surface area contributed by atoms with Crippen molar-refractivity contribution < 1.29 is 9.53 Å². The van der Waals surface area contributed by atoms with Gasteiger partial charge in [-0.2, -0.15) is 9.90 Å². The highest BCUT2D eigenvalue weighted by molar-refractivity contribution is 5.93. The molecule has 1 unspecified atom stereocenters. The van der Waals surface area contributed by atoms with Crippen LogP contribution in [-0.2, 0) is 4.74 Å². The molecule has 3 rings (SSSR count). The summed E-state index contributed by atoms with van der Waals surface area (Å²) in [6, 6.07) is 6.07. The Morgan fingerprint density at radius 2 is 2.17 bits per heavy atom. The molecule has 23 heavy (non-hydrogen) atoms. The van der Waals surface area contributed by atoms with Gasteiger partial charge in [-0.05, 0) is 38.8 Å². The SMILES string of the molecule is Cc1ccc(-n2nc(C)c(C(=O)NCC3CCOC3)n2)c(C)c1. The summed E-state index contributed by atoms with van der Waals surface area (Å²) >= 11 is 0. The van der Waals surface area contributed by atoms with Crippen molar-refractivity contribution in [2.75, 3.05) is 19.8 Å². The van der Waals surface area contributed by atoms with E-state index >= 15 is 0 Å². The lowest BCUT2D eigenvalue weighted by molar-refractivity contribution is 0.0939. The number of aromatic nitrogens is 3. The maximum atomic E-state index is 12.3. The molecule has 0 bridgehead atoms. The van der Waals surface area contributed by atoms with Gasteiger partial charge in [-0.15, -0.1) is 5.10 Å². The molecule has 0 saturated carbocycles. The zero-order valence-corrected chi connectivity index (χ0v) is 13.8. The molecule has 0 spiro atoms. The number of hydrogen-bond donors (Lipinski definition) is 1. The number of carbonyl (C=O) groups is 1. The summed E-state index contributed by atoms with van der Waals surface area (Å²) in [4.78, 5) is 13.9. The van der Waals surface area contributed by atoms with Gasteiger partial charge in [0.2, 0.25) is 0 Å². The van der Waals surface area contributed by atoms with E-state index in [1.807, 2.05) is 26.0 Å². The van der Waals surface area contributed by atoms with Gasteiger partial charge in [0.05, 0.1) is 18.0 Å². The van der Waals surface area contributed by atoms with Gasteiger partial charge in [0, 0.05) is 19.1 Å². The first-order valence-corrected chi connectivity index (χ1v) is 7.92. The molecule has 1 fully saturated rings. The first-order chi connectivity index (χ1) is 11.0. The van der Waals surface area contributed by atoms with E-state index in [1.54, 1.807) is 6.92 Å². The monoisotopic (exact) mass is 314 g/mol. The van der Waals surface area contributed by atoms with Crippen LogP contribution in [0.3, 0.4) is 0 Å². The Kier molecular flexibility index (Phi) is 4.43. The number of rotatable bonds is 4. The number of benzene rings is 1. The predicted octanol–water partition coefficient (Wildman–Crippen LogP) is 1.96. The van der Waals surface area contributed by atoms with Crippen LogP contribution in [0.4, 0.5) is 0 Å². The van der Waals surface area contributed by atoms with Crippen molar-refractivity contribution >= 4 is 5.91 Å². The Bertz CT molecular complexity index is 717. The minimum atomic E-state index is -0.176. The van der Waals surface area contributed by atoms with E-state index in [4.69, 9.17) is 4.74 Å². The molecule has 1 atom stereocenters. The molecule has 2 heterocycles. The molecule has 1 saturated heterocycles. The molecule has 0 radical (unpaired) electrons. The van der Waals surface area contributed by atoms with Crippen molar-refractivity contribution in [3.63, 3.8) is 0 Å². The van der Waals surface area contributed by atoms with Gasteiger partial charge in [-0.25, -0.2) is 0 Å². The molecule has 1 amide bonds. The van der Waals surface area contributed by atoms with Gasteiger partial charge in [-0.3, -0.25) is 4.79 Å². The predicted molar refractivity (Wildman–Crippen MR) is 86.8 cm³/mol. The Morgan fingerprint density at radius 1 is 1.35 bits per heavy atom. The third-order valence-electron chi connectivity index (χ3n) is 4.14. The van der Waals surface area contributed by atoms with Crippen LogP contribution in [0.15, 0.2) is 18.2 Å². The lowest BCUT2D eigenvalue weighted by atomic mass is 10.1. The molecule has 122 valence electrons. The number of carbonyl (C=O) groups excluding carboxylic acids is 1. The second-order valence-corrected chi connectivity index (χ2v) is 6.15. The lowest BCUT2D eigenvalue weighted by Gasteiger charge is -2.08. The van der Waals surface area contributed by atoms with Crippen molar-refractivity contribution in [1.29, 1.82) is 0 Å². The molecule has 1 aliphatic rings. The summed E-state index contributed by atoms with van der Waals surface area (Å²) in [5.41, 5.74) is 4.16. The van der Waals surface area contributed by atoms with Crippen LogP contribution in [0.1, 0.15) is 33.7 Å². The molecule has 1 aromatic heterocycles. The fourth-order valence-electron chi connectivity index (χ4n) is 2.79. The smallest absolute Gasteiger partial charge is 0.273 e. The average Bonchev–Trinajstić information content (AvgIpc) is 3.14. The Balaban J connectivity index is 1.76. The molecule has 6 nitrogen and oxygen atoms in total. The van der Waals surface area contributed by atoms with Crippen molar-refractivity contribution in [1.82, 2.24) is 20.3 Å². The number of nitrogens with one attached hydrogen (secondary N) is 1. The van der Waals surface area contributed by atoms with Crippen molar-refractivity contribution in [3.8, 4) is 5.69 Å². The van der Waals surface area contributed by atoms with Crippen molar-refractivity contribution in [2.24, 2.45) is 5.92 Å². The highest BCUT2D eigenvalue weighted by atomic mass is 16.5. The molecule has 6 heteroatoms. The van der Waals surface area contributed by atoms with Crippen LogP contribution >= 0.6 is 0 Å². The van der Waals surface area contributed by atoms with E-state index < -0.39 is 0 Å². The summed E-state index contributed by atoms with van der Waals surface area (Å²) in [7, 11) is 0. The number of amides is 1. The third kappa shape index (κ3) is 3.42. The van der Waals surface area contributed by atoms with Crippen molar-refractivity contribution in [3.05, 3.63) is 40.7 Å². The number of aryl methyl sites for hydroxylation is 3. The van der Waals surface area contributed by atoms with Gasteiger partial charge < -0.3 is 10.1 Å². The second-order valence-electron chi connectivity index (χ2n) is 6.15. The zero-order valence-electron chi connectivity index (χ0n) is 13.8. The summed E-state index contributed by atoms with van der Waals surface area (Å²) < 4.78 is 5.32. The first-order valence-electron chi connectivity index (χ1n) is 7.92. The van der Waals surface area contributed by atoms with E-state index in [2.05, 4.69) is 21.6 Å². The lowest BCUT2D eigenvalue weighted by Crippen LogP contribution is -2.30. The van der Waals surface area contributed by atoms with E-state index in [0.29, 0.717) is 30.5 Å². The highest BCUT2D eigenvalue weighted by Crippen LogP contribution is 2.15. The van der Waals surface area contributed by atoms with Gasteiger partial charge >= 0.3 is 0 Å². The first kappa shape index (κ1) is 15.7. The summed E-state index contributed by atoms with van der Waals surface area (Å²) in [5, 5.41) is 11.7. The summed E-state index contributed by atoms with van der Waals surface area (Å²) in [5.74, 6) is 0.221. The minimum absolute atomic E-state index is 0.176. The molecular weight excluding hydrogens is 292 g/mol. The van der Waals surface area contributed by atoms with E-state index in [-0.39, 0.29) is 5.91 Å². The molecule has 0 aliphatic carbocycles. The van der Waals surface area contributed by atoms with Crippen LogP contribution in [0.5, 0.6) is 0 Å². The number of nitrogens with zero attached hydrogens (tertiary/aromatic N) is 3. The molecule has 1 aliphatic heterocycles. The highest BCUT2D eigenvalue weighted by Gasteiger charge is 2.20. The van der Waals surface area contributed by atoms with Crippen LogP contribution in [-0.4, -0.2) is 40.7 Å². The molecule has 1 aromatic carbocycles. The number of ether oxygens (including phenoxy) is 1. The Morgan fingerprint density at radius 3 is 2.87 bits per heavy atom. The second kappa shape index (κ2) is 6.50. The molecule has 2 aromatic rings. The normalized spacial score (nSPS) is 17.4. The minimum Gasteiger partial charge on any atom is -0.381 e. The summed E-state index contributed by atoms with van der Waals surface area (Å²) in [6.07, 6.45) is 0.995. The average molecular weight is 314 g/mol. The van der Waals surface area contributed by atoms with Gasteiger partial charge in [-0.1, -0.05) is 17.7 Å². The van der Waals surface area contributed by atoms with Crippen LogP contribution < -0.4 is 5.32 Å². The summed E-state index contributed by atoms with van der Waals surface area (Å²) in [6.45, 7) is 7.98. The van der Waals surface area contributed by atoms with Crippen molar-refractivity contribution in [2.45, 2.75) is 27.2 Å². The van der Waals surface area contributed by atoms with Crippen LogP contribution in [0.25, 0.3) is 5.69 Å². The van der Waals surface area contributed by atoms with Gasteiger partial charge in [0.1, 0.15) is 0 Å². The standard InChI is InChI=1S/C17H22N4O2/c1-11-4-5-15(12(2)8-11)21-19-13(3)16(20-21)17(22)18-9-14-6-7-23-10-14/h4-5,8,14H,6-7,9-10H2,1-3H3,(H,18,22).